The van der Waals surface area contributed by atoms with Crippen molar-refractivity contribution in [1.82, 2.24) is 14.3 Å². The summed E-state index contributed by atoms with van der Waals surface area (Å²) in [6.45, 7) is 4.84. The van der Waals surface area contributed by atoms with Gasteiger partial charge >= 0.3 is 11.9 Å². The second-order valence-electron chi connectivity index (χ2n) is 9.53. The predicted octanol–water partition coefficient (Wildman–Crippen LogP) is 6.22. The molecule has 0 saturated heterocycles. The van der Waals surface area contributed by atoms with Crippen LogP contribution in [0.2, 0.25) is 0 Å². The molecule has 5 nitrogen and oxygen atoms in total. The summed E-state index contributed by atoms with van der Waals surface area (Å²) < 4.78 is 56.2. The van der Waals surface area contributed by atoms with E-state index in [4.69, 9.17) is 0 Å². The second-order valence-corrected chi connectivity index (χ2v) is 10.8. The van der Waals surface area contributed by atoms with Gasteiger partial charge in [0.15, 0.2) is 11.6 Å². The first-order valence-corrected chi connectivity index (χ1v) is 12.3. The lowest BCUT2D eigenvalue weighted by molar-refractivity contribution is -0.137. The molecule has 0 unspecified atom stereocenters. The minimum Gasteiger partial charge on any atom is -0.298 e. The highest BCUT2D eigenvalue weighted by molar-refractivity contribution is 7.15. The average molecular weight is 532 g/mol. The Balaban J connectivity index is 1.62. The zero-order chi connectivity index (χ0) is 27.0. The number of halogens is 4. The number of nitrogens with zero attached hydrogens (tertiary/aromatic N) is 3. The monoisotopic (exact) mass is 531 g/mol. The maximum atomic E-state index is 14.3. The Bertz CT molecular complexity index is 1500. The number of aryl methyl sites for hydroxylation is 1. The first-order valence-electron chi connectivity index (χ1n) is 11.5. The molecule has 0 bridgehead atoms. The maximum absolute atomic E-state index is 14.3. The largest absolute Gasteiger partial charge is 0.416 e. The Kier molecular flexibility index (Phi) is 7.23. The van der Waals surface area contributed by atoms with Gasteiger partial charge in [0.2, 0.25) is 0 Å². The van der Waals surface area contributed by atoms with Crippen LogP contribution in [0.5, 0.6) is 0 Å². The molecule has 10 heteroatoms. The van der Waals surface area contributed by atoms with Crippen molar-refractivity contribution in [2.75, 3.05) is 0 Å². The van der Waals surface area contributed by atoms with Crippen molar-refractivity contribution in [1.29, 1.82) is 0 Å². The molecular weight excluding hydrogens is 506 g/mol. The minimum atomic E-state index is -4.50. The number of carbonyl (C=O) groups is 1. The van der Waals surface area contributed by atoms with Gasteiger partial charge in [0, 0.05) is 16.9 Å². The molecule has 0 N–H and O–H groups in total. The molecule has 0 spiro atoms. The SMILES string of the molecule is Cc1ccc(-c2nn(CC(=O)CC(C)(C)c3cccc(C(F)(F)F)c3)c(=O)n2Cc2ccccc2F)s1. The van der Waals surface area contributed by atoms with Gasteiger partial charge < -0.3 is 0 Å². The van der Waals surface area contributed by atoms with Crippen LogP contribution in [0.4, 0.5) is 17.6 Å². The number of carbonyl (C=O) groups excluding carboxylic acids is 1. The van der Waals surface area contributed by atoms with Gasteiger partial charge in [-0.25, -0.2) is 13.9 Å². The van der Waals surface area contributed by atoms with E-state index < -0.39 is 28.7 Å². The highest BCUT2D eigenvalue weighted by Crippen LogP contribution is 2.34. The Labute approximate surface area is 215 Å². The second kappa shape index (κ2) is 10.1. The van der Waals surface area contributed by atoms with Crippen molar-refractivity contribution < 1.29 is 22.4 Å². The van der Waals surface area contributed by atoms with E-state index >= 15 is 0 Å². The molecule has 4 rings (SSSR count). The zero-order valence-corrected chi connectivity index (χ0v) is 21.3. The molecule has 2 heterocycles. The molecule has 0 amide bonds. The summed E-state index contributed by atoms with van der Waals surface area (Å²) in [4.78, 5) is 28.0. The number of ketones is 1. The van der Waals surface area contributed by atoms with Crippen LogP contribution in [0.1, 0.15) is 41.8 Å². The molecule has 2 aromatic heterocycles. The summed E-state index contributed by atoms with van der Waals surface area (Å²) in [5, 5.41) is 4.39. The number of rotatable bonds is 8. The Morgan fingerprint density at radius 3 is 2.35 bits per heavy atom. The van der Waals surface area contributed by atoms with Gasteiger partial charge in [0.25, 0.3) is 0 Å². The topological polar surface area (TPSA) is 56.9 Å². The van der Waals surface area contributed by atoms with Crippen LogP contribution >= 0.6 is 11.3 Å². The highest BCUT2D eigenvalue weighted by atomic mass is 32.1. The van der Waals surface area contributed by atoms with E-state index in [1.165, 1.54) is 28.0 Å². The molecule has 0 radical (unpaired) electrons. The summed E-state index contributed by atoms with van der Waals surface area (Å²) in [6, 6.07) is 14.7. The molecule has 0 fully saturated rings. The fraction of sp³-hybridized carbons (Fsp3) is 0.296. The van der Waals surface area contributed by atoms with Crippen LogP contribution in [-0.2, 0) is 29.5 Å². The first kappa shape index (κ1) is 26.5. The van der Waals surface area contributed by atoms with Crippen LogP contribution in [-0.4, -0.2) is 20.1 Å². The van der Waals surface area contributed by atoms with E-state index in [9.17, 15) is 27.2 Å². The van der Waals surface area contributed by atoms with Crippen LogP contribution in [0.15, 0.2) is 65.5 Å². The number of Topliss-reactive ketones (excluding diaryl/α,β-unsaturated/α-hetero) is 1. The van der Waals surface area contributed by atoms with Crippen LogP contribution in [0.25, 0.3) is 10.7 Å². The lowest BCUT2D eigenvalue weighted by atomic mass is 9.79. The number of thiophene rings is 1. The molecule has 0 aliphatic rings. The zero-order valence-electron chi connectivity index (χ0n) is 20.5. The first-order chi connectivity index (χ1) is 17.3. The summed E-state index contributed by atoms with van der Waals surface area (Å²) in [6.07, 6.45) is -4.60. The van der Waals surface area contributed by atoms with Crippen molar-refractivity contribution in [3.05, 3.63) is 98.5 Å². The van der Waals surface area contributed by atoms with Crippen molar-refractivity contribution in [2.24, 2.45) is 0 Å². The van der Waals surface area contributed by atoms with Gasteiger partial charge in [-0.15, -0.1) is 16.4 Å². The van der Waals surface area contributed by atoms with E-state index in [-0.39, 0.29) is 25.3 Å². The third-order valence-corrected chi connectivity index (χ3v) is 7.10. The quantitative estimate of drug-likeness (QED) is 0.254. The summed E-state index contributed by atoms with van der Waals surface area (Å²) in [5.41, 5.74) is -1.61. The van der Waals surface area contributed by atoms with E-state index in [1.807, 2.05) is 19.1 Å². The maximum Gasteiger partial charge on any atom is 0.416 e. The number of benzene rings is 2. The molecule has 0 saturated carbocycles. The normalized spacial score (nSPS) is 12.2. The fourth-order valence-electron chi connectivity index (χ4n) is 4.15. The van der Waals surface area contributed by atoms with Gasteiger partial charge in [-0.2, -0.15) is 13.2 Å². The van der Waals surface area contributed by atoms with Crippen molar-refractivity contribution >= 4 is 17.1 Å². The highest BCUT2D eigenvalue weighted by Gasteiger charge is 2.33. The smallest absolute Gasteiger partial charge is 0.298 e. The lowest BCUT2D eigenvalue weighted by Gasteiger charge is -2.25. The minimum absolute atomic E-state index is 0.0678. The third kappa shape index (κ3) is 5.90. The lowest BCUT2D eigenvalue weighted by Crippen LogP contribution is -2.31. The molecule has 194 valence electrons. The van der Waals surface area contributed by atoms with Crippen LogP contribution < -0.4 is 5.69 Å². The van der Waals surface area contributed by atoms with Crippen LogP contribution in [0, 0.1) is 12.7 Å². The molecule has 0 atom stereocenters. The van der Waals surface area contributed by atoms with Gasteiger partial charge in [-0.05, 0) is 42.2 Å². The van der Waals surface area contributed by atoms with Gasteiger partial charge in [-0.3, -0.25) is 9.36 Å². The number of hydrogen-bond acceptors (Lipinski definition) is 4. The van der Waals surface area contributed by atoms with E-state index in [1.54, 1.807) is 38.1 Å². The molecular formula is C27H25F4N3O2S. The Morgan fingerprint density at radius 2 is 1.70 bits per heavy atom. The molecule has 4 aromatic rings. The fourth-order valence-corrected chi connectivity index (χ4v) is 5.02. The number of aromatic nitrogens is 3. The predicted molar refractivity (Wildman–Crippen MR) is 134 cm³/mol. The number of hydrogen-bond donors (Lipinski definition) is 0. The van der Waals surface area contributed by atoms with E-state index in [0.29, 0.717) is 21.8 Å². The summed E-state index contributed by atoms with van der Waals surface area (Å²) in [7, 11) is 0. The van der Waals surface area contributed by atoms with Crippen molar-refractivity contribution in [3.63, 3.8) is 0 Å². The molecule has 37 heavy (non-hydrogen) atoms. The van der Waals surface area contributed by atoms with E-state index in [0.717, 1.165) is 21.7 Å². The standard InChI is InChI=1S/C27H25F4N3O2S/c1-17-11-12-23(37-17)24-32-34(25(36)33(24)15-18-7-4-5-10-22(18)28)16-21(35)14-26(2,3)19-8-6-9-20(13-19)27(29,30)31/h4-13H,14-16H2,1-3H3. The average Bonchev–Trinajstić information content (AvgIpc) is 3.38. The molecule has 0 aliphatic heterocycles. The van der Waals surface area contributed by atoms with Gasteiger partial charge in [-0.1, -0.05) is 50.2 Å². The van der Waals surface area contributed by atoms with Crippen LogP contribution in [0.3, 0.4) is 0 Å². The van der Waals surface area contributed by atoms with Gasteiger partial charge in [0.1, 0.15) is 12.4 Å². The van der Waals surface area contributed by atoms with Crippen molar-refractivity contribution in [3.8, 4) is 10.7 Å². The molecule has 2 aromatic carbocycles. The summed E-state index contributed by atoms with van der Waals surface area (Å²) in [5.74, 6) is -0.514. The summed E-state index contributed by atoms with van der Waals surface area (Å²) >= 11 is 1.42. The Morgan fingerprint density at radius 1 is 1.00 bits per heavy atom. The van der Waals surface area contributed by atoms with Gasteiger partial charge in [0.05, 0.1) is 17.0 Å². The third-order valence-electron chi connectivity index (χ3n) is 6.11. The van der Waals surface area contributed by atoms with E-state index in [2.05, 4.69) is 5.10 Å². The number of alkyl halides is 3. The Hall–Kier alpha value is -3.53. The molecule has 0 aliphatic carbocycles. The van der Waals surface area contributed by atoms with Crippen molar-refractivity contribution in [2.45, 2.75) is 51.9 Å².